The summed E-state index contributed by atoms with van der Waals surface area (Å²) in [7, 11) is 0. The number of hydrogen-bond acceptors (Lipinski definition) is 2. The van der Waals surface area contributed by atoms with Gasteiger partial charge in [0.05, 0.1) is 0 Å². The van der Waals surface area contributed by atoms with Crippen molar-refractivity contribution in [3.63, 3.8) is 0 Å². The van der Waals surface area contributed by atoms with Crippen LogP contribution in [0, 0.1) is 0 Å². The molecule has 0 aliphatic rings. The summed E-state index contributed by atoms with van der Waals surface area (Å²) in [5.74, 6) is 0.785. The molecule has 2 heteroatoms. The molecule has 0 aliphatic heterocycles. The third-order valence-electron chi connectivity index (χ3n) is 1.36. The van der Waals surface area contributed by atoms with Crippen molar-refractivity contribution in [2.75, 3.05) is 5.75 Å². The molecular weight excluding hydrogens is 160 g/mol. The molecule has 1 rings (SSSR count). The van der Waals surface area contributed by atoms with E-state index in [2.05, 4.69) is 37.4 Å². The predicted molar refractivity (Wildman–Crippen MR) is 52.0 cm³/mol. The highest BCUT2D eigenvalue weighted by molar-refractivity contribution is 7.84. The van der Waals surface area contributed by atoms with Crippen molar-refractivity contribution in [3.05, 3.63) is 35.9 Å². The highest BCUT2D eigenvalue weighted by Gasteiger charge is 2.00. The third-order valence-corrected chi connectivity index (χ3v) is 2.49. The molecule has 0 N–H and O–H groups in total. The normalized spacial score (nSPS) is 13.0. The van der Waals surface area contributed by atoms with Crippen LogP contribution >= 0.6 is 25.3 Å². The molecule has 1 aromatic rings. The maximum atomic E-state index is 4.34. The lowest BCUT2D eigenvalue weighted by Crippen LogP contribution is -1.89. The topological polar surface area (TPSA) is 0 Å². The molecule has 0 saturated heterocycles. The van der Waals surface area contributed by atoms with Crippen LogP contribution in [0.25, 0.3) is 0 Å². The summed E-state index contributed by atoms with van der Waals surface area (Å²) in [4.78, 5) is 0. The Morgan fingerprint density at radius 1 is 1.20 bits per heavy atom. The molecule has 1 atom stereocenters. The van der Waals surface area contributed by atoms with Crippen LogP contribution in [-0.2, 0) is 0 Å². The fourth-order valence-electron chi connectivity index (χ4n) is 0.781. The zero-order valence-corrected chi connectivity index (χ0v) is 7.35. The smallest absolute Gasteiger partial charge is 0.0355 e. The van der Waals surface area contributed by atoms with Gasteiger partial charge >= 0.3 is 0 Å². The summed E-state index contributed by atoms with van der Waals surface area (Å²) < 4.78 is 0. The Morgan fingerprint density at radius 2 is 1.80 bits per heavy atom. The van der Waals surface area contributed by atoms with Crippen molar-refractivity contribution in [2.24, 2.45) is 0 Å². The molecule has 0 unspecified atom stereocenters. The molecule has 0 nitrogen and oxygen atoms in total. The minimum atomic E-state index is 0.268. The van der Waals surface area contributed by atoms with Gasteiger partial charge in [-0.15, -0.1) is 0 Å². The molecule has 0 amide bonds. The van der Waals surface area contributed by atoms with Crippen LogP contribution in [0.3, 0.4) is 0 Å². The van der Waals surface area contributed by atoms with E-state index < -0.39 is 0 Å². The Labute approximate surface area is 72.5 Å². The molecule has 1 aromatic carbocycles. The molecule has 54 valence electrons. The van der Waals surface area contributed by atoms with Gasteiger partial charge in [0.2, 0.25) is 0 Å². The van der Waals surface area contributed by atoms with E-state index in [0.717, 1.165) is 5.75 Å². The van der Waals surface area contributed by atoms with Gasteiger partial charge in [0, 0.05) is 11.0 Å². The summed E-state index contributed by atoms with van der Waals surface area (Å²) in [5.41, 5.74) is 1.24. The summed E-state index contributed by atoms with van der Waals surface area (Å²) in [6.07, 6.45) is 0. The molecule has 0 heterocycles. The number of rotatable bonds is 2. The number of benzene rings is 1. The van der Waals surface area contributed by atoms with E-state index in [4.69, 9.17) is 0 Å². The molecular formula is C8H10S2. The molecule has 0 saturated carbocycles. The molecule has 0 bridgehead atoms. The maximum absolute atomic E-state index is 4.34. The maximum Gasteiger partial charge on any atom is 0.0355 e. The Morgan fingerprint density at radius 3 is 2.30 bits per heavy atom. The lowest BCUT2D eigenvalue weighted by Gasteiger charge is -2.05. The van der Waals surface area contributed by atoms with Crippen molar-refractivity contribution >= 4 is 25.3 Å². The SMILES string of the molecule is SC[C@@H](S)c1ccccc1. The van der Waals surface area contributed by atoms with Gasteiger partial charge in [-0.1, -0.05) is 30.3 Å². The lowest BCUT2D eigenvalue weighted by atomic mass is 10.2. The largest absolute Gasteiger partial charge is 0.178 e. The van der Waals surface area contributed by atoms with Gasteiger partial charge in [-0.3, -0.25) is 0 Å². The number of hydrogen-bond donors (Lipinski definition) is 2. The zero-order chi connectivity index (χ0) is 7.40. The second kappa shape index (κ2) is 3.94. The molecule has 10 heavy (non-hydrogen) atoms. The molecule has 0 radical (unpaired) electrons. The predicted octanol–water partition coefficient (Wildman–Crippen LogP) is 2.59. The molecule has 0 aliphatic carbocycles. The average Bonchev–Trinajstić information content (AvgIpc) is 2.05. The lowest BCUT2D eigenvalue weighted by molar-refractivity contribution is 1.13. The van der Waals surface area contributed by atoms with Crippen molar-refractivity contribution in [3.8, 4) is 0 Å². The quantitative estimate of drug-likeness (QED) is 0.626. The van der Waals surface area contributed by atoms with E-state index in [0.29, 0.717) is 0 Å². The first kappa shape index (κ1) is 8.02. The van der Waals surface area contributed by atoms with Gasteiger partial charge < -0.3 is 0 Å². The minimum Gasteiger partial charge on any atom is -0.178 e. The van der Waals surface area contributed by atoms with Gasteiger partial charge in [0.15, 0.2) is 0 Å². The summed E-state index contributed by atoms with van der Waals surface area (Å²) in [6, 6.07) is 10.2. The Balaban J connectivity index is 2.75. The molecule has 0 aromatic heterocycles. The van der Waals surface area contributed by atoms with E-state index in [1.807, 2.05) is 18.2 Å². The molecule has 0 fully saturated rings. The van der Waals surface area contributed by atoms with Gasteiger partial charge in [-0.25, -0.2) is 0 Å². The second-order valence-electron chi connectivity index (χ2n) is 2.11. The van der Waals surface area contributed by atoms with Crippen LogP contribution < -0.4 is 0 Å². The van der Waals surface area contributed by atoms with E-state index in [1.54, 1.807) is 0 Å². The van der Waals surface area contributed by atoms with Gasteiger partial charge in [0.25, 0.3) is 0 Å². The highest BCUT2D eigenvalue weighted by Crippen LogP contribution is 2.19. The van der Waals surface area contributed by atoms with Gasteiger partial charge in [-0.05, 0) is 5.56 Å². The summed E-state index contributed by atoms with van der Waals surface area (Å²) in [5, 5.41) is 0.268. The van der Waals surface area contributed by atoms with Crippen molar-refractivity contribution in [1.29, 1.82) is 0 Å². The highest BCUT2D eigenvalue weighted by atomic mass is 32.1. The Hall–Kier alpha value is -0.0800. The van der Waals surface area contributed by atoms with E-state index in [-0.39, 0.29) is 5.25 Å². The summed E-state index contributed by atoms with van der Waals surface area (Å²) >= 11 is 8.49. The van der Waals surface area contributed by atoms with Crippen LogP contribution in [0.5, 0.6) is 0 Å². The van der Waals surface area contributed by atoms with E-state index in [9.17, 15) is 0 Å². The zero-order valence-electron chi connectivity index (χ0n) is 5.57. The Kier molecular flexibility index (Phi) is 3.16. The van der Waals surface area contributed by atoms with Crippen LogP contribution in [0.2, 0.25) is 0 Å². The van der Waals surface area contributed by atoms with Crippen molar-refractivity contribution < 1.29 is 0 Å². The second-order valence-corrected chi connectivity index (χ2v) is 3.10. The standard InChI is InChI=1S/C8H10S2/c9-6-8(10)7-4-2-1-3-5-7/h1-5,8-10H,6H2/t8-/m1/s1. The average molecular weight is 170 g/mol. The van der Waals surface area contributed by atoms with Crippen LogP contribution in [0.15, 0.2) is 30.3 Å². The fourth-order valence-corrected chi connectivity index (χ4v) is 1.16. The van der Waals surface area contributed by atoms with Crippen LogP contribution in [0.4, 0.5) is 0 Å². The first-order chi connectivity index (χ1) is 4.84. The summed E-state index contributed by atoms with van der Waals surface area (Å²) in [6.45, 7) is 0. The number of thiol groups is 2. The van der Waals surface area contributed by atoms with Gasteiger partial charge in [-0.2, -0.15) is 25.3 Å². The van der Waals surface area contributed by atoms with E-state index in [1.165, 1.54) is 5.56 Å². The van der Waals surface area contributed by atoms with Crippen molar-refractivity contribution in [1.82, 2.24) is 0 Å². The molecule has 0 spiro atoms. The first-order valence-corrected chi connectivity index (χ1v) is 4.33. The van der Waals surface area contributed by atoms with Crippen LogP contribution in [0.1, 0.15) is 10.8 Å². The van der Waals surface area contributed by atoms with Gasteiger partial charge in [0.1, 0.15) is 0 Å². The van der Waals surface area contributed by atoms with Crippen LogP contribution in [-0.4, -0.2) is 5.75 Å². The monoisotopic (exact) mass is 170 g/mol. The first-order valence-electron chi connectivity index (χ1n) is 3.18. The third kappa shape index (κ3) is 1.96. The Bertz CT molecular complexity index is 184. The van der Waals surface area contributed by atoms with E-state index >= 15 is 0 Å². The minimum absolute atomic E-state index is 0.268. The fraction of sp³-hybridized carbons (Fsp3) is 0.250. The van der Waals surface area contributed by atoms with Crippen molar-refractivity contribution in [2.45, 2.75) is 5.25 Å².